The molecule has 0 aliphatic carbocycles. The summed E-state index contributed by atoms with van der Waals surface area (Å²) in [4.78, 5) is 22.0. The summed E-state index contributed by atoms with van der Waals surface area (Å²) in [6, 6.07) is 13.0. The Kier molecular flexibility index (Phi) is 8.34. The van der Waals surface area contributed by atoms with Crippen LogP contribution in [0.15, 0.2) is 42.5 Å². The first-order valence-electron chi connectivity index (χ1n) is 9.50. The highest BCUT2D eigenvalue weighted by molar-refractivity contribution is 7.22. The highest BCUT2D eigenvalue weighted by atomic mass is 35.5. The van der Waals surface area contributed by atoms with Crippen molar-refractivity contribution in [3.8, 4) is 0 Å². The van der Waals surface area contributed by atoms with E-state index in [1.54, 1.807) is 4.90 Å². The maximum Gasteiger partial charge on any atom is 0.233 e. The number of morpholine rings is 1. The summed E-state index contributed by atoms with van der Waals surface area (Å²) in [6.45, 7) is 4.55. The molecule has 0 spiro atoms. The number of anilines is 1. The number of amides is 1. The standard InChI is InChI=1S/C21H21Cl2N3O2S.ClH/c22-16-5-6-18-19(14-16)29-21(24-18)26(8-7-25-9-11-28-12-10-25)20(27)13-15-3-1-2-4-17(15)23;/h1-6,14H,7-13H2;1H. The van der Waals surface area contributed by atoms with E-state index in [0.717, 1.165) is 48.6 Å². The number of carbonyl (C=O) groups is 1. The predicted octanol–water partition coefficient (Wildman–Crippen LogP) is 4.93. The average molecular weight is 487 g/mol. The number of fused-ring (bicyclic) bond motifs is 1. The molecule has 1 amide bonds. The molecule has 1 aliphatic rings. The molecule has 1 saturated heterocycles. The third-order valence-corrected chi connectivity index (χ3v) is 6.56. The minimum absolute atomic E-state index is 0. The van der Waals surface area contributed by atoms with Gasteiger partial charge in [0, 0.05) is 36.2 Å². The van der Waals surface area contributed by atoms with Crippen molar-refractivity contribution in [2.45, 2.75) is 6.42 Å². The van der Waals surface area contributed by atoms with Gasteiger partial charge in [0.1, 0.15) is 0 Å². The number of hydrogen-bond acceptors (Lipinski definition) is 5. The van der Waals surface area contributed by atoms with E-state index in [0.29, 0.717) is 21.7 Å². The topological polar surface area (TPSA) is 45.7 Å². The summed E-state index contributed by atoms with van der Waals surface area (Å²) in [5.74, 6) is -0.0171. The lowest BCUT2D eigenvalue weighted by Crippen LogP contribution is -2.43. The Balaban J connectivity index is 0.00000256. The second-order valence-corrected chi connectivity index (χ2v) is 8.73. The summed E-state index contributed by atoms with van der Waals surface area (Å²) >= 11 is 13.9. The van der Waals surface area contributed by atoms with Gasteiger partial charge in [-0.25, -0.2) is 4.98 Å². The number of halogens is 3. The van der Waals surface area contributed by atoms with Gasteiger partial charge >= 0.3 is 0 Å². The van der Waals surface area contributed by atoms with E-state index in [4.69, 9.17) is 32.9 Å². The van der Waals surface area contributed by atoms with E-state index in [1.807, 2.05) is 42.5 Å². The lowest BCUT2D eigenvalue weighted by atomic mass is 10.1. The fourth-order valence-electron chi connectivity index (χ4n) is 3.30. The second-order valence-electron chi connectivity index (χ2n) is 6.88. The molecule has 1 aliphatic heterocycles. The third-order valence-electron chi connectivity index (χ3n) is 4.91. The van der Waals surface area contributed by atoms with Gasteiger partial charge in [-0.15, -0.1) is 12.4 Å². The monoisotopic (exact) mass is 485 g/mol. The van der Waals surface area contributed by atoms with E-state index >= 15 is 0 Å². The number of thiazole rings is 1. The molecule has 160 valence electrons. The Morgan fingerprint density at radius 2 is 1.93 bits per heavy atom. The lowest BCUT2D eigenvalue weighted by molar-refractivity contribution is -0.118. The van der Waals surface area contributed by atoms with E-state index < -0.39 is 0 Å². The van der Waals surface area contributed by atoms with Gasteiger partial charge in [0.05, 0.1) is 29.9 Å². The SMILES string of the molecule is Cl.O=C(Cc1ccccc1Cl)N(CCN1CCOCC1)c1nc2ccc(Cl)cc2s1. The predicted molar refractivity (Wildman–Crippen MR) is 127 cm³/mol. The highest BCUT2D eigenvalue weighted by Gasteiger charge is 2.22. The van der Waals surface area contributed by atoms with Crippen LogP contribution >= 0.6 is 46.9 Å². The summed E-state index contributed by atoms with van der Waals surface area (Å²) in [5.41, 5.74) is 1.66. The molecule has 1 aromatic heterocycles. The number of benzene rings is 2. The largest absolute Gasteiger partial charge is 0.379 e. The second kappa shape index (κ2) is 10.8. The lowest BCUT2D eigenvalue weighted by Gasteiger charge is -2.29. The molecule has 9 heteroatoms. The molecule has 5 nitrogen and oxygen atoms in total. The number of carbonyl (C=O) groups excluding carboxylic acids is 1. The molecule has 0 unspecified atom stereocenters. The minimum Gasteiger partial charge on any atom is -0.379 e. The first-order chi connectivity index (χ1) is 14.1. The smallest absolute Gasteiger partial charge is 0.233 e. The van der Waals surface area contributed by atoms with Crippen molar-refractivity contribution in [1.29, 1.82) is 0 Å². The molecule has 0 saturated carbocycles. The van der Waals surface area contributed by atoms with E-state index in [9.17, 15) is 4.79 Å². The van der Waals surface area contributed by atoms with Gasteiger partial charge in [-0.1, -0.05) is 52.7 Å². The molecule has 0 N–H and O–H groups in total. The van der Waals surface area contributed by atoms with Gasteiger partial charge in [0.2, 0.25) is 5.91 Å². The number of rotatable bonds is 6. The van der Waals surface area contributed by atoms with Crippen LogP contribution in [0.4, 0.5) is 5.13 Å². The molecular formula is C21H22Cl3N3O2S. The Labute approximate surface area is 195 Å². The molecule has 0 atom stereocenters. The zero-order valence-corrected chi connectivity index (χ0v) is 19.4. The van der Waals surface area contributed by atoms with Crippen LogP contribution in [0.2, 0.25) is 10.0 Å². The molecule has 1 fully saturated rings. The quantitative estimate of drug-likeness (QED) is 0.495. The zero-order chi connectivity index (χ0) is 20.2. The number of ether oxygens (including phenoxy) is 1. The van der Waals surface area contributed by atoms with Gasteiger partial charge in [-0.2, -0.15) is 0 Å². The molecule has 2 aromatic carbocycles. The maximum absolute atomic E-state index is 13.2. The molecule has 0 bridgehead atoms. The number of aromatic nitrogens is 1. The van der Waals surface area contributed by atoms with E-state index in [2.05, 4.69) is 4.90 Å². The normalized spacial score (nSPS) is 14.5. The Morgan fingerprint density at radius 1 is 1.17 bits per heavy atom. The van der Waals surface area contributed by atoms with Crippen molar-refractivity contribution in [2.24, 2.45) is 0 Å². The average Bonchev–Trinajstić information content (AvgIpc) is 3.13. The Hall–Kier alpha value is -1.41. The summed E-state index contributed by atoms with van der Waals surface area (Å²) in [5, 5.41) is 1.95. The number of nitrogens with zero attached hydrogens (tertiary/aromatic N) is 3. The molecular weight excluding hydrogens is 465 g/mol. The van der Waals surface area contributed by atoms with Crippen LogP contribution in [-0.2, 0) is 16.0 Å². The van der Waals surface area contributed by atoms with Crippen molar-refractivity contribution < 1.29 is 9.53 Å². The van der Waals surface area contributed by atoms with Gasteiger partial charge in [-0.05, 0) is 29.8 Å². The van der Waals surface area contributed by atoms with Crippen LogP contribution in [0.25, 0.3) is 10.2 Å². The van der Waals surface area contributed by atoms with Crippen LogP contribution in [0.5, 0.6) is 0 Å². The van der Waals surface area contributed by atoms with Gasteiger partial charge < -0.3 is 4.74 Å². The van der Waals surface area contributed by atoms with Crippen molar-refractivity contribution in [1.82, 2.24) is 9.88 Å². The summed E-state index contributed by atoms with van der Waals surface area (Å²) < 4.78 is 6.39. The van der Waals surface area contributed by atoms with Crippen molar-refractivity contribution >= 4 is 68.2 Å². The van der Waals surface area contributed by atoms with Crippen molar-refractivity contribution in [3.63, 3.8) is 0 Å². The fourth-order valence-corrected chi connectivity index (χ4v) is 4.78. The van der Waals surface area contributed by atoms with Crippen LogP contribution in [-0.4, -0.2) is 55.2 Å². The maximum atomic E-state index is 13.2. The van der Waals surface area contributed by atoms with Crippen LogP contribution in [0, 0.1) is 0 Å². The minimum atomic E-state index is -0.0171. The highest BCUT2D eigenvalue weighted by Crippen LogP contribution is 2.31. The molecule has 3 aromatic rings. The fraction of sp³-hybridized carbons (Fsp3) is 0.333. The molecule has 30 heavy (non-hydrogen) atoms. The first-order valence-corrected chi connectivity index (χ1v) is 11.1. The third kappa shape index (κ3) is 5.63. The first kappa shape index (κ1) is 23.3. The van der Waals surface area contributed by atoms with Crippen molar-refractivity contribution in [3.05, 3.63) is 58.1 Å². The van der Waals surface area contributed by atoms with Gasteiger partial charge in [-0.3, -0.25) is 14.6 Å². The molecule has 0 radical (unpaired) electrons. The summed E-state index contributed by atoms with van der Waals surface area (Å²) in [6.07, 6.45) is 0.236. The number of hydrogen-bond donors (Lipinski definition) is 0. The summed E-state index contributed by atoms with van der Waals surface area (Å²) in [7, 11) is 0. The van der Waals surface area contributed by atoms with Crippen molar-refractivity contribution in [2.75, 3.05) is 44.3 Å². The Bertz CT molecular complexity index is 1010. The molecule has 4 rings (SSSR count). The van der Waals surface area contributed by atoms with E-state index in [1.165, 1.54) is 11.3 Å². The Morgan fingerprint density at radius 3 is 2.70 bits per heavy atom. The van der Waals surface area contributed by atoms with Gasteiger partial charge in [0.15, 0.2) is 5.13 Å². The van der Waals surface area contributed by atoms with Gasteiger partial charge in [0.25, 0.3) is 0 Å². The van der Waals surface area contributed by atoms with E-state index in [-0.39, 0.29) is 24.7 Å². The van der Waals surface area contributed by atoms with Crippen LogP contribution in [0.1, 0.15) is 5.56 Å². The molecule has 2 heterocycles. The zero-order valence-electron chi connectivity index (χ0n) is 16.2. The van der Waals surface area contributed by atoms with Crippen LogP contribution in [0.3, 0.4) is 0 Å². The van der Waals surface area contributed by atoms with Crippen LogP contribution < -0.4 is 4.90 Å².